The number of halogens is 1. The predicted octanol–water partition coefficient (Wildman–Crippen LogP) is 5.29. The van der Waals surface area contributed by atoms with Crippen molar-refractivity contribution in [1.29, 1.82) is 0 Å². The van der Waals surface area contributed by atoms with Gasteiger partial charge < -0.3 is 19.7 Å². The molecule has 0 aliphatic heterocycles. The number of benzene rings is 3. The maximum Gasteiger partial charge on any atom is 0.264 e. The molecule has 3 aromatic carbocycles. The van der Waals surface area contributed by atoms with Crippen molar-refractivity contribution >= 4 is 27.5 Å². The first-order valence-corrected chi connectivity index (χ1v) is 16.3. The highest BCUT2D eigenvalue weighted by molar-refractivity contribution is 7.92. The third-order valence-electron chi connectivity index (χ3n) is 7.88. The van der Waals surface area contributed by atoms with E-state index in [9.17, 15) is 22.4 Å². The van der Waals surface area contributed by atoms with Crippen LogP contribution >= 0.6 is 0 Å². The first-order chi connectivity index (χ1) is 21.2. The molecule has 0 spiro atoms. The fourth-order valence-corrected chi connectivity index (χ4v) is 6.90. The van der Waals surface area contributed by atoms with Gasteiger partial charge in [-0.15, -0.1) is 0 Å². The van der Waals surface area contributed by atoms with E-state index in [4.69, 9.17) is 9.47 Å². The number of rotatable bonds is 13. The van der Waals surface area contributed by atoms with Crippen molar-refractivity contribution in [3.05, 3.63) is 84.2 Å². The Morgan fingerprint density at radius 1 is 0.932 bits per heavy atom. The number of sulfonamides is 1. The third kappa shape index (κ3) is 7.88. The molecule has 0 unspecified atom stereocenters. The summed E-state index contributed by atoms with van der Waals surface area (Å²) in [6.45, 7) is 1.18. The monoisotopic (exact) mass is 625 g/mol. The van der Waals surface area contributed by atoms with Gasteiger partial charge in [-0.25, -0.2) is 12.8 Å². The minimum absolute atomic E-state index is 0.0158. The Morgan fingerprint density at radius 3 is 2.20 bits per heavy atom. The van der Waals surface area contributed by atoms with Gasteiger partial charge in [-0.2, -0.15) is 0 Å². The van der Waals surface area contributed by atoms with Crippen LogP contribution in [0.25, 0.3) is 0 Å². The second-order valence-electron chi connectivity index (χ2n) is 10.8. The summed E-state index contributed by atoms with van der Waals surface area (Å²) in [4.78, 5) is 29.3. The summed E-state index contributed by atoms with van der Waals surface area (Å²) < 4.78 is 53.7. The van der Waals surface area contributed by atoms with Crippen LogP contribution in [0.1, 0.15) is 51.0 Å². The molecule has 44 heavy (non-hydrogen) atoms. The summed E-state index contributed by atoms with van der Waals surface area (Å²) in [5.41, 5.74) is 0.770. The second-order valence-corrected chi connectivity index (χ2v) is 12.6. The average Bonchev–Trinajstić information content (AvgIpc) is 3.04. The van der Waals surface area contributed by atoms with Gasteiger partial charge in [-0.05, 0) is 73.4 Å². The smallest absolute Gasteiger partial charge is 0.264 e. The zero-order valence-corrected chi connectivity index (χ0v) is 26.2. The topological polar surface area (TPSA) is 105 Å². The van der Waals surface area contributed by atoms with Crippen molar-refractivity contribution in [2.75, 3.05) is 25.1 Å². The van der Waals surface area contributed by atoms with Gasteiger partial charge in [0.05, 0.1) is 24.8 Å². The van der Waals surface area contributed by atoms with Crippen LogP contribution in [0.2, 0.25) is 0 Å². The Labute approximate surface area is 259 Å². The number of para-hydroxylation sites is 2. The summed E-state index contributed by atoms with van der Waals surface area (Å²) in [6, 6.07) is 17.2. The fourth-order valence-electron chi connectivity index (χ4n) is 5.47. The van der Waals surface area contributed by atoms with E-state index >= 15 is 0 Å². The van der Waals surface area contributed by atoms with Crippen molar-refractivity contribution in [1.82, 2.24) is 10.2 Å². The van der Waals surface area contributed by atoms with Gasteiger partial charge in [-0.3, -0.25) is 13.9 Å². The lowest BCUT2D eigenvalue weighted by atomic mass is 9.95. The number of carbonyl (C=O) groups excluding carboxylic acids is 2. The molecule has 9 nitrogen and oxygen atoms in total. The summed E-state index contributed by atoms with van der Waals surface area (Å²) >= 11 is 0. The van der Waals surface area contributed by atoms with E-state index in [1.54, 1.807) is 36.4 Å². The SMILES string of the molecule is CC[C@@H](C(=O)NC1CCCCC1)N(Cc1ccc(F)cc1)C(=O)CN(c1ccccc1OC)S(=O)(=O)c1ccc(OC)cc1. The normalized spacial score (nSPS) is 14.4. The number of anilines is 1. The lowest BCUT2D eigenvalue weighted by Crippen LogP contribution is -2.54. The van der Waals surface area contributed by atoms with Crippen LogP contribution in [0.15, 0.2) is 77.7 Å². The van der Waals surface area contributed by atoms with E-state index in [1.165, 1.54) is 55.5 Å². The molecule has 0 saturated heterocycles. The van der Waals surface area contributed by atoms with Gasteiger partial charge in [0.1, 0.15) is 29.9 Å². The quantitative estimate of drug-likeness (QED) is 0.277. The van der Waals surface area contributed by atoms with Crippen molar-refractivity contribution in [3.8, 4) is 11.5 Å². The summed E-state index contributed by atoms with van der Waals surface area (Å²) in [5, 5.41) is 3.11. The minimum Gasteiger partial charge on any atom is -0.497 e. The van der Waals surface area contributed by atoms with Crippen LogP contribution in [0.3, 0.4) is 0 Å². The highest BCUT2D eigenvalue weighted by Gasteiger charge is 2.35. The van der Waals surface area contributed by atoms with E-state index in [1.807, 2.05) is 6.92 Å². The van der Waals surface area contributed by atoms with Crippen LogP contribution < -0.4 is 19.1 Å². The molecule has 0 radical (unpaired) electrons. The molecular weight excluding hydrogens is 585 g/mol. The van der Waals surface area contributed by atoms with Gasteiger partial charge in [0.15, 0.2) is 0 Å². The van der Waals surface area contributed by atoms with Crippen LogP contribution in [-0.2, 0) is 26.2 Å². The molecule has 236 valence electrons. The van der Waals surface area contributed by atoms with E-state index in [2.05, 4.69) is 5.32 Å². The molecule has 1 saturated carbocycles. The van der Waals surface area contributed by atoms with Crippen LogP contribution in [0.4, 0.5) is 10.1 Å². The first kappa shape index (κ1) is 32.8. The maximum atomic E-state index is 14.3. The van der Waals surface area contributed by atoms with Gasteiger partial charge in [0, 0.05) is 12.6 Å². The van der Waals surface area contributed by atoms with Crippen molar-refractivity contribution in [2.45, 2.75) is 69.0 Å². The van der Waals surface area contributed by atoms with E-state index < -0.39 is 34.3 Å². The molecule has 1 aliphatic carbocycles. The Kier molecular flexibility index (Phi) is 11.2. The number of nitrogens with zero attached hydrogens (tertiary/aromatic N) is 2. The van der Waals surface area contributed by atoms with Crippen LogP contribution in [-0.4, -0.2) is 58.0 Å². The van der Waals surface area contributed by atoms with E-state index in [-0.39, 0.29) is 34.8 Å². The van der Waals surface area contributed by atoms with Gasteiger partial charge in [0.25, 0.3) is 10.0 Å². The third-order valence-corrected chi connectivity index (χ3v) is 9.66. The summed E-state index contributed by atoms with van der Waals surface area (Å²) in [6.07, 6.45) is 5.21. The number of hydrogen-bond donors (Lipinski definition) is 1. The largest absolute Gasteiger partial charge is 0.497 e. The molecule has 4 rings (SSSR count). The Balaban J connectivity index is 1.73. The Hall–Kier alpha value is -4.12. The summed E-state index contributed by atoms with van der Waals surface area (Å²) in [5.74, 6) is -0.588. The Bertz CT molecular complexity index is 1510. The first-order valence-electron chi connectivity index (χ1n) is 14.8. The Morgan fingerprint density at radius 2 is 1.59 bits per heavy atom. The predicted molar refractivity (Wildman–Crippen MR) is 167 cm³/mol. The zero-order valence-electron chi connectivity index (χ0n) is 25.4. The van der Waals surface area contributed by atoms with E-state index in [0.717, 1.165) is 36.4 Å². The zero-order chi connectivity index (χ0) is 31.7. The molecule has 3 aromatic rings. The second kappa shape index (κ2) is 15.1. The van der Waals surface area contributed by atoms with Crippen LogP contribution in [0, 0.1) is 5.82 Å². The van der Waals surface area contributed by atoms with E-state index in [0.29, 0.717) is 17.7 Å². The fraction of sp³-hybridized carbons (Fsp3) is 0.394. The van der Waals surface area contributed by atoms with Gasteiger partial charge in [0.2, 0.25) is 11.8 Å². The number of methoxy groups -OCH3 is 2. The standard InChI is InChI=1S/C33H40FN3O6S/c1-4-29(33(39)35-26-10-6-5-7-11-26)36(22-24-14-16-25(34)17-15-24)32(38)23-37(30-12-8-9-13-31(30)43-3)44(40,41)28-20-18-27(42-2)19-21-28/h8-9,12-21,26,29H,4-7,10-11,22-23H2,1-3H3,(H,35,39)/t29-/m0/s1. The highest BCUT2D eigenvalue weighted by atomic mass is 32.2. The molecule has 11 heteroatoms. The number of hydrogen-bond acceptors (Lipinski definition) is 6. The molecule has 1 atom stereocenters. The number of nitrogens with one attached hydrogen (secondary N) is 1. The highest BCUT2D eigenvalue weighted by Crippen LogP contribution is 2.33. The molecule has 0 bridgehead atoms. The average molecular weight is 626 g/mol. The molecule has 1 N–H and O–H groups in total. The molecule has 1 fully saturated rings. The minimum atomic E-state index is -4.29. The molecule has 2 amide bonds. The molecule has 0 heterocycles. The van der Waals surface area contributed by atoms with Gasteiger partial charge >= 0.3 is 0 Å². The van der Waals surface area contributed by atoms with Crippen LogP contribution in [0.5, 0.6) is 11.5 Å². The maximum absolute atomic E-state index is 14.3. The number of carbonyl (C=O) groups is 2. The molecular formula is C33H40FN3O6S. The lowest BCUT2D eigenvalue weighted by molar-refractivity contribution is -0.140. The van der Waals surface area contributed by atoms with Crippen molar-refractivity contribution < 1.29 is 31.9 Å². The van der Waals surface area contributed by atoms with Crippen molar-refractivity contribution in [2.24, 2.45) is 0 Å². The van der Waals surface area contributed by atoms with Crippen molar-refractivity contribution in [3.63, 3.8) is 0 Å². The summed E-state index contributed by atoms with van der Waals surface area (Å²) in [7, 11) is -1.40. The number of ether oxygens (including phenoxy) is 2. The number of amides is 2. The molecule has 1 aliphatic rings. The molecule has 0 aromatic heterocycles. The van der Waals surface area contributed by atoms with Gasteiger partial charge in [-0.1, -0.05) is 50.5 Å². The lowest BCUT2D eigenvalue weighted by Gasteiger charge is -2.34.